The molecule has 2 aromatic carbocycles. The minimum absolute atomic E-state index is 0.177. The van der Waals surface area contributed by atoms with Crippen molar-refractivity contribution in [3.8, 4) is 11.5 Å². The van der Waals surface area contributed by atoms with Gasteiger partial charge in [0.1, 0.15) is 6.61 Å². The molecular weight excluding hydrogens is 274 g/mol. The molecule has 0 amide bonds. The molecule has 2 unspecified atom stereocenters. The van der Waals surface area contributed by atoms with Gasteiger partial charge in [0, 0.05) is 6.04 Å². The van der Waals surface area contributed by atoms with Gasteiger partial charge in [0.25, 0.3) is 0 Å². The molecular formula is C19H25NO2. The largest absolute Gasteiger partial charge is 0.493 e. The van der Waals surface area contributed by atoms with Gasteiger partial charge >= 0.3 is 0 Å². The number of nitrogens with two attached hydrogens (primary N) is 1. The van der Waals surface area contributed by atoms with E-state index in [2.05, 4.69) is 31.2 Å². The van der Waals surface area contributed by atoms with Crippen LogP contribution in [0.25, 0.3) is 0 Å². The number of hydrogen-bond acceptors (Lipinski definition) is 3. The van der Waals surface area contributed by atoms with Crippen LogP contribution in [-0.4, -0.2) is 13.2 Å². The van der Waals surface area contributed by atoms with Crippen molar-refractivity contribution in [2.75, 3.05) is 7.11 Å². The molecule has 0 bridgehead atoms. The molecule has 2 rings (SSSR count). The number of benzene rings is 2. The Kier molecular flexibility index (Phi) is 5.84. The lowest BCUT2D eigenvalue weighted by molar-refractivity contribution is 0.284. The van der Waals surface area contributed by atoms with Crippen molar-refractivity contribution in [3.05, 3.63) is 59.7 Å². The lowest BCUT2D eigenvalue weighted by Crippen LogP contribution is -2.25. The van der Waals surface area contributed by atoms with Gasteiger partial charge in [-0.05, 0) is 42.5 Å². The fourth-order valence-electron chi connectivity index (χ4n) is 2.25. The maximum atomic E-state index is 5.96. The Hall–Kier alpha value is -2.00. The molecule has 0 saturated carbocycles. The van der Waals surface area contributed by atoms with Crippen molar-refractivity contribution in [2.45, 2.75) is 32.9 Å². The fraction of sp³-hybridized carbons (Fsp3) is 0.368. The van der Waals surface area contributed by atoms with Crippen molar-refractivity contribution in [1.29, 1.82) is 0 Å². The van der Waals surface area contributed by atoms with Crippen LogP contribution in [0.4, 0.5) is 0 Å². The molecule has 3 nitrogen and oxygen atoms in total. The molecule has 118 valence electrons. The van der Waals surface area contributed by atoms with Crippen LogP contribution < -0.4 is 15.2 Å². The molecule has 0 aliphatic carbocycles. The molecule has 0 fully saturated rings. The maximum absolute atomic E-state index is 5.96. The Morgan fingerprint density at radius 1 is 0.955 bits per heavy atom. The standard InChI is InChI=1S/C19H25NO2/c1-14(15(2)20)11-17-9-10-18(21-3)19(12-17)22-13-16-7-5-4-6-8-16/h4-10,12,14-15H,11,13,20H2,1-3H3. The molecule has 0 aliphatic rings. The third kappa shape index (κ3) is 4.50. The smallest absolute Gasteiger partial charge is 0.161 e. The molecule has 2 N–H and O–H groups in total. The molecule has 0 saturated heterocycles. The molecule has 0 aliphatic heterocycles. The molecule has 22 heavy (non-hydrogen) atoms. The highest BCUT2D eigenvalue weighted by Gasteiger charge is 2.11. The summed E-state index contributed by atoms with van der Waals surface area (Å²) in [6, 6.07) is 16.4. The van der Waals surface area contributed by atoms with Gasteiger partial charge in [-0.25, -0.2) is 0 Å². The first kappa shape index (κ1) is 16.4. The first-order valence-electron chi connectivity index (χ1n) is 7.69. The van der Waals surface area contributed by atoms with E-state index in [1.807, 2.05) is 31.2 Å². The molecule has 2 aromatic rings. The van der Waals surface area contributed by atoms with E-state index in [0.717, 1.165) is 23.5 Å². The van der Waals surface area contributed by atoms with Gasteiger partial charge in [0.2, 0.25) is 0 Å². The van der Waals surface area contributed by atoms with Crippen molar-refractivity contribution in [1.82, 2.24) is 0 Å². The van der Waals surface area contributed by atoms with E-state index >= 15 is 0 Å². The van der Waals surface area contributed by atoms with Crippen LogP contribution in [0.3, 0.4) is 0 Å². The maximum Gasteiger partial charge on any atom is 0.161 e. The summed E-state index contributed by atoms with van der Waals surface area (Å²) in [6.07, 6.45) is 0.934. The van der Waals surface area contributed by atoms with E-state index in [4.69, 9.17) is 15.2 Å². The van der Waals surface area contributed by atoms with Crippen LogP contribution in [0.1, 0.15) is 25.0 Å². The highest BCUT2D eigenvalue weighted by atomic mass is 16.5. The predicted molar refractivity (Wildman–Crippen MR) is 90.3 cm³/mol. The summed E-state index contributed by atoms with van der Waals surface area (Å²) >= 11 is 0. The lowest BCUT2D eigenvalue weighted by atomic mass is 9.95. The zero-order valence-electron chi connectivity index (χ0n) is 13.6. The summed E-state index contributed by atoms with van der Waals surface area (Å²) in [7, 11) is 1.66. The monoisotopic (exact) mass is 299 g/mol. The molecule has 2 atom stereocenters. The number of rotatable bonds is 7. The predicted octanol–water partition coefficient (Wildman–Crippen LogP) is 3.80. The summed E-state index contributed by atoms with van der Waals surface area (Å²) in [5.74, 6) is 1.96. The van der Waals surface area contributed by atoms with Gasteiger partial charge < -0.3 is 15.2 Å². The second-order valence-corrected chi connectivity index (χ2v) is 5.80. The average Bonchev–Trinajstić information content (AvgIpc) is 2.54. The highest BCUT2D eigenvalue weighted by molar-refractivity contribution is 5.43. The number of methoxy groups -OCH3 is 1. The van der Waals surface area contributed by atoms with Crippen molar-refractivity contribution in [2.24, 2.45) is 11.7 Å². The third-order valence-electron chi connectivity index (χ3n) is 3.92. The number of ether oxygens (including phenoxy) is 2. The first-order chi connectivity index (χ1) is 10.6. The zero-order chi connectivity index (χ0) is 15.9. The second kappa shape index (κ2) is 7.85. The van der Waals surface area contributed by atoms with Gasteiger partial charge in [-0.2, -0.15) is 0 Å². The zero-order valence-corrected chi connectivity index (χ0v) is 13.6. The molecule has 0 heterocycles. The lowest BCUT2D eigenvalue weighted by Gasteiger charge is -2.17. The van der Waals surface area contributed by atoms with Crippen LogP contribution in [0, 0.1) is 5.92 Å². The summed E-state index contributed by atoms with van der Waals surface area (Å²) in [6.45, 7) is 4.74. The second-order valence-electron chi connectivity index (χ2n) is 5.80. The Bertz CT molecular complexity index is 581. The van der Waals surface area contributed by atoms with Gasteiger partial charge in [-0.1, -0.05) is 43.3 Å². The molecule has 0 aromatic heterocycles. The van der Waals surface area contributed by atoms with Crippen LogP contribution in [-0.2, 0) is 13.0 Å². The Morgan fingerprint density at radius 2 is 1.68 bits per heavy atom. The first-order valence-corrected chi connectivity index (χ1v) is 7.69. The Balaban J connectivity index is 2.10. The third-order valence-corrected chi connectivity index (χ3v) is 3.92. The molecule has 0 radical (unpaired) electrons. The van der Waals surface area contributed by atoms with Gasteiger partial charge in [0.15, 0.2) is 11.5 Å². The minimum atomic E-state index is 0.177. The normalized spacial score (nSPS) is 13.5. The van der Waals surface area contributed by atoms with E-state index in [0.29, 0.717) is 12.5 Å². The van der Waals surface area contributed by atoms with E-state index in [1.165, 1.54) is 5.56 Å². The summed E-state index contributed by atoms with van der Waals surface area (Å²) < 4.78 is 11.3. The van der Waals surface area contributed by atoms with Crippen LogP contribution in [0.5, 0.6) is 11.5 Å². The summed E-state index contributed by atoms with van der Waals surface area (Å²) in [5.41, 5.74) is 8.31. The summed E-state index contributed by atoms with van der Waals surface area (Å²) in [4.78, 5) is 0. The van der Waals surface area contributed by atoms with E-state index in [1.54, 1.807) is 7.11 Å². The van der Waals surface area contributed by atoms with Crippen LogP contribution >= 0.6 is 0 Å². The highest BCUT2D eigenvalue weighted by Crippen LogP contribution is 2.30. The minimum Gasteiger partial charge on any atom is -0.493 e. The van der Waals surface area contributed by atoms with Crippen LogP contribution in [0.15, 0.2) is 48.5 Å². The average molecular weight is 299 g/mol. The molecule has 0 spiro atoms. The fourth-order valence-corrected chi connectivity index (χ4v) is 2.25. The van der Waals surface area contributed by atoms with E-state index < -0.39 is 0 Å². The Labute approximate surface area is 133 Å². The van der Waals surface area contributed by atoms with Crippen molar-refractivity contribution < 1.29 is 9.47 Å². The van der Waals surface area contributed by atoms with Gasteiger partial charge in [-0.3, -0.25) is 0 Å². The SMILES string of the molecule is COc1ccc(CC(C)C(C)N)cc1OCc1ccccc1. The number of hydrogen-bond donors (Lipinski definition) is 1. The van der Waals surface area contributed by atoms with Gasteiger partial charge in [0.05, 0.1) is 7.11 Å². The van der Waals surface area contributed by atoms with E-state index in [9.17, 15) is 0 Å². The van der Waals surface area contributed by atoms with Crippen molar-refractivity contribution >= 4 is 0 Å². The van der Waals surface area contributed by atoms with Crippen LogP contribution in [0.2, 0.25) is 0 Å². The van der Waals surface area contributed by atoms with Gasteiger partial charge in [-0.15, -0.1) is 0 Å². The quantitative estimate of drug-likeness (QED) is 0.845. The summed E-state index contributed by atoms with van der Waals surface area (Å²) in [5, 5.41) is 0. The van der Waals surface area contributed by atoms with E-state index in [-0.39, 0.29) is 6.04 Å². The topological polar surface area (TPSA) is 44.5 Å². The molecule has 3 heteroatoms. The Morgan fingerprint density at radius 3 is 2.32 bits per heavy atom. The van der Waals surface area contributed by atoms with Crippen molar-refractivity contribution in [3.63, 3.8) is 0 Å².